The van der Waals surface area contributed by atoms with E-state index in [-0.39, 0.29) is 34.8 Å². The molecule has 0 aromatic heterocycles. The molecule has 1 fully saturated rings. The average Bonchev–Trinajstić information content (AvgIpc) is 2.76. The summed E-state index contributed by atoms with van der Waals surface area (Å²) in [5.74, 6) is -0.901. The second-order valence-electron chi connectivity index (χ2n) is 14.4. The third-order valence-corrected chi connectivity index (χ3v) is 18.0. The lowest BCUT2D eigenvalue weighted by molar-refractivity contribution is -0.131. The molecular formula is C31H50O7Si2. The number of fused-ring (bicyclic) bond motifs is 3. The summed E-state index contributed by atoms with van der Waals surface area (Å²) in [5.41, 5.74) is 1.30. The van der Waals surface area contributed by atoms with Crippen LogP contribution in [-0.4, -0.2) is 58.1 Å². The van der Waals surface area contributed by atoms with E-state index in [0.717, 1.165) is 24.5 Å². The molecule has 4 atom stereocenters. The molecule has 0 aliphatic carbocycles. The number of rotatable bonds is 7. The Labute approximate surface area is 242 Å². The highest BCUT2D eigenvalue weighted by Crippen LogP contribution is 2.42. The summed E-state index contributed by atoms with van der Waals surface area (Å²) in [6.45, 7) is 22.1. The molecule has 1 N–H and O–H groups in total. The van der Waals surface area contributed by atoms with Gasteiger partial charge in [-0.25, -0.2) is 9.59 Å². The Morgan fingerprint density at radius 1 is 1.00 bits per heavy atom. The van der Waals surface area contributed by atoms with Gasteiger partial charge in [-0.1, -0.05) is 59.8 Å². The summed E-state index contributed by atoms with van der Waals surface area (Å²) in [5, 5.41) is 9.16. The quantitative estimate of drug-likeness (QED) is 0.200. The number of cyclic esters (lactones) is 1. The van der Waals surface area contributed by atoms with Gasteiger partial charge in [0.15, 0.2) is 8.32 Å². The predicted molar refractivity (Wildman–Crippen MR) is 163 cm³/mol. The van der Waals surface area contributed by atoms with E-state index < -0.39 is 34.7 Å². The number of esters is 1. The first kappa shape index (κ1) is 32.6. The molecule has 40 heavy (non-hydrogen) atoms. The molecule has 1 aromatic carbocycles. The van der Waals surface area contributed by atoms with Crippen LogP contribution in [0.25, 0.3) is 0 Å². The van der Waals surface area contributed by atoms with Gasteiger partial charge in [-0.2, -0.15) is 0 Å². The Morgan fingerprint density at radius 3 is 2.23 bits per heavy atom. The van der Waals surface area contributed by atoms with Crippen molar-refractivity contribution in [3.63, 3.8) is 0 Å². The molecule has 3 rings (SSSR count). The molecule has 2 heterocycles. The van der Waals surface area contributed by atoms with Crippen molar-refractivity contribution < 1.29 is 33.0 Å². The van der Waals surface area contributed by atoms with Crippen LogP contribution in [0, 0.1) is 0 Å². The van der Waals surface area contributed by atoms with Crippen LogP contribution in [0.5, 0.6) is 5.75 Å². The van der Waals surface area contributed by atoms with Gasteiger partial charge in [0.1, 0.15) is 17.4 Å². The topological polar surface area (TPSA) is 91.3 Å². The smallest absolute Gasteiger partial charge is 0.342 e. The van der Waals surface area contributed by atoms with Crippen molar-refractivity contribution in [1.29, 1.82) is 0 Å². The van der Waals surface area contributed by atoms with Gasteiger partial charge in [-0.3, -0.25) is 0 Å². The zero-order chi connectivity index (χ0) is 30.1. The molecule has 0 unspecified atom stereocenters. The summed E-state index contributed by atoms with van der Waals surface area (Å²) < 4.78 is 26.2. The zero-order valence-corrected chi connectivity index (χ0v) is 28.1. The Kier molecular flexibility index (Phi) is 9.86. The molecule has 2 bridgehead atoms. The minimum absolute atomic E-state index is 0.0464. The first-order chi connectivity index (χ1) is 18.3. The second kappa shape index (κ2) is 12.1. The fourth-order valence-electron chi connectivity index (χ4n) is 4.79. The zero-order valence-electron chi connectivity index (χ0n) is 26.1. The van der Waals surface area contributed by atoms with Gasteiger partial charge in [-0.05, 0) is 67.2 Å². The van der Waals surface area contributed by atoms with E-state index in [0.29, 0.717) is 24.2 Å². The molecule has 9 heteroatoms. The standard InChI is InChI=1S/C31H50O7Si2/c1-30(2,3)39(7,8)37-25-19-23-17-21-13-11-15-26(38-40(9,10)31(4,5)6)28(21)29(34)36-22(14-12-16-27(32)33)18-24(20-25)35-23/h11-13,15-16,22-25H,14,17-20H2,1-10H3,(H,32,33)/b16-12+/t22-,23-,24-,25+/m0/s1. The summed E-state index contributed by atoms with van der Waals surface area (Å²) >= 11 is 0. The summed E-state index contributed by atoms with van der Waals surface area (Å²) in [6.07, 6.45) is 4.70. The summed E-state index contributed by atoms with van der Waals surface area (Å²) in [4.78, 5) is 24.9. The number of carbonyl (C=O) groups is 2. The lowest BCUT2D eigenvalue weighted by atomic mass is 9.91. The second-order valence-corrected chi connectivity index (χ2v) is 23.9. The number of aliphatic carboxylic acids is 1. The van der Waals surface area contributed by atoms with Crippen molar-refractivity contribution in [2.45, 2.75) is 134 Å². The lowest BCUT2D eigenvalue weighted by Gasteiger charge is -2.44. The molecule has 1 aromatic rings. The van der Waals surface area contributed by atoms with Gasteiger partial charge in [-0.15, -0.1) is 0 Å². The van der Waals surface area contributed by atoms with Gasteiger partial charge < -0.3 is 23.4 Å². The lowest BCUT2D eigenvalue weighted by Crippen LogP contribution is -2.48. The van der Waals surface area contributed by atoms with E-state index in [2.05, 4.69) is 67.7 Å². The Hall–Kier alpha value is -1.95. The highest BCUT2D eigenvalue weighted by atomic mass is 28.4. The third kappa shape index (κ3) is 8.08. The molecule has 1 saturated heterocycles. The summed E-state index contributed by atoms with van der Waals surface area (Å²) in [6, 6.07) is 5.77. The first-order valence-electron chi connectivity index (χ1n) is 14.5. The number of hydrogen-bond acceptors (Lipinski definition) is 6. The fourth-order valence-corrected chi connectivity index (χ4v) is 7.20. The van der Waals surface area contributed by atoms with Crippen LogP contribution < -0.4 is 4.43 Å². The number of carboxylic acid groups (broad SMARTS) is 1. The maximum absolute atomic E-state index is 13.8. The Bertz CT molecular complexity index is 1100. The number of benzene rings is 1. The number of ether oxygens (including phenoxy) is 2. The molecule has 0 saturated carbocycles. The van der Waals surface area contributed by atoms with Crippen LogP contribution in [0.15, 0.2) is 30.4 Å². The minimum atomic E-state index is -2.25. The maximum atomic E-state index is 13.8. The van der Waals surface area contributed by atoms with Crippen molar-refractivity contribution in [2.24, 2.45) is 0 Å². The van der Waals surface area contributed by atoms with Crippen LogP contribution in [0.1, 0.15) is 83.1 Å². The Morgan fingerprint density at radius 2 is 1.62 bits per heavy atom. The molecule has 0 radical (unpaired) electrons. The number of carboxylic acids is 1. The molecule has 2 aliphatic rings. The van der Waals surface area contributed by atoms with Crippen LogP contribution in [0.2, 0.25) is 36.3 Å². The van der Waals surface area contributed by atoms with Crippen molar-refractivity contribution in [1.82, 2.24) is 0 Å². The predicted octanol–water partition coefficient (Wildman–Crippen LogP) is 7.51. The Balaban J connectivity index is 2.02. The molecule has 224 valence electrons. The van der Waals surface area contributed by atoms with Gasteiger partial charge in [0.2, 0.25) is 0 Å². The fraction of sp³-hybridized carbons (Fsp3) is 0.677. The van der Waals surface area contributed by atoms with Gasteiger partial charge >= 0.3 is 11.9 Å². The SMILES string of the molecule is CC(C)(C)[Si](C)(C)Oc1cccc2c1C(=O)O[C@@H](C/C=C/C(=O)O)C[C@H]1C[C@H](O[Si](C)(C)C(C)(C)C)C[C@H](C2)O1. The van der Waals surface area contributed by atoms with E-state index in [4.69, 9.17) is 23.4 Å². The minimum Gasteiger partial charge on any atom is -0.543 e. The molecule has 0 spiro atoms. The first-order valence-corrected chi connectivity index (χ1v) is 20.4. The molecule has 7 nitrogen and oxygen atoms in total. The van der Waals surface area contributed by atoms with Gasteiger partial charge in [0.05, 0.1) is 12.2 Å². The van der Waals surface area contributed by atoms with E-state index in [9.17, 15) is 9.59 Å². The third-order valence-electron chi connectivity index (χ3n) is 9.10. The summed E-state index contributed by atoms with van der Waals surface area (Å²) in [7, 11) is -4.26. The molecule has 2 aliphatic heterocycles. The maximum Gasteiger partial charge on any atom is 0.342 e. The van der Waals surface area contributed by atoms with Crippen molar-refractivity contribution in [3.05, 3.63) is 41.5 Å². The highest BCUT2D eigenvalue weighted by Gasteiger charge is 2.43. The largest absolute Gasteiger partial charge is 0.543 e. The normalized spacial score (nSPS) is 24.8. The van der Waals surface area contributed by atoms with Crippen LogP contribution in [0.4, 0.5) is 0 Å². The van der Waals surface area contributed by atoms with Crippen LogP contribution >= 0.6 is 0 Å². The van der Waals surface area contributed by atoms with Crippen LogP contribution in [0.3, 0.4) is 0 Å². The number of carbonyl (C=O) groups excluding carboxylic acids is 1. The molecule has 0 amide bonds. The molecular weight excluding hydrogens is 541 g/mol. The van der Waals surface area contributed by atoms with Gasteiger partial charge in [0.25, 0.3) is 8.32 Å². The van der Waals surface area contributed by atoms with E-state index in [1.165, 1.54) is 0 Å². The van der Waals surface area contributed by atoms with E-state index in [1.54, 1.807) is 6.08 Å². The monoisotopic (exact) mass is 590 g/mol. The van der Waals surface area contributed by atoms with Gasteiger partial charge in [0, 0.05) is 25.0 Å². The van der Waals surface area contributed by atoms with E-state index in [1.807, 2.05) is 18.2 Å². The highest BCUT2D eigenvalue weighted by molar-refractivity contribution is 6.75. The van der Waals surface area contributed by atoms with Crippen LogP contribution in [-0.2, 0) is 25.1 Å². The van der Waals surface area contributed by atoms with Crippen molar-refractivity contribution in [3.8, 4) is 5.75 Å². The van der Waals surface area contributed by atoms with E-state index >= 15 is 0 Å². The van der Waals surface area contributed by atoms with Crippen molar-refractivity contribution >= 4 is 28.6 Å². The van der Waals surface area contributed by atoms with Crippen molar-refractivity contribution in [2.75, 3.05) is 0 Å². The number of hydrogen-bond donors (Lipinski definition) is 1. The average molecular weight is 591 g/mol.